The lowest BCUT2D eigenvalue weighted by Gasteiger charge is -2.35. The van der Waals surface area contributed by atoms with E-state index in [-0.39, 0.29) is 6.03 Å². The molecule has 5 rings (SSSR count). The quantitative estimate of drug-likeness (QED) is 0.417. The van der Waals surface area contributed by atoms with Gasteiger partial charge in [-0.25, -0.2) is 4.79 Å². The fourth-order valence-electron chi connectivity index (χ4n) is 4.21. The Labute approximate surface area is 197 Å². The molecule has 2 heterocycles. The number of methoxy groups -OCH3 is 1. The van der Waals surface area contributed by atoms with E-state index in [0.29, 0.717) is 28.8 Å². The molecule has 0 aliphatic carbocycles. The van der Waals surface area contributed by atoms with E-state index < -0.39 is 6.04 Å². The normalized spacial score (nSPS) is 15.9. The minimum absolute atomic E-state index is 0.248. The maximum absolute atomic E-state index is 13.3. The van der Waals surface area contributed by atoms with Crippen LogP contribution in [0.1, 0.15) is 30.0 Å². The minimum Gasteiger partial charge on any atom is -0.497 e. The first-order valence-electron chi connectivity index (χ1n) is 11.0. The lowest BCUT2D eigenvalue weighted by atomic mass is 9.94. The van der Waals surface area contributed by atoms with Crippen LogP contribution in [0.4, 0.5) is 10.5 Å². The van der Waals surface area contributed by atoms with Gasteiger partial charge in [-0.2, -0.15) is 4.98 Å². The number of carbonyl (C=O) groups excluding carboxylic acids is 1. The number of urea groups is 1. The monoisotopic (exact) mass is 452 g/mol. The molecular formula is C27H24N4O3. The van der Waals surface area contributed by atoms with Crippen LogP contribution in [-0.2, 0) is 0 Å². The van der Waals surface area contributed by atoms with Crippen molar-refractivity contribution < 1.29 is 14.1 Å². The number of aromatic nitrogens is 2. The smallest absolute Gasteiger partial charge is 0.327 e. The third-order valence-corrected chi connectivity index (χ3v) is 5.86. The Bertz CT molecular complexity index is 1380. The zero-order valence-electron chi connectivity index (χ0n) is 19.1. The van der Waals surface area contributed by atoms with Crippen molar-refractivity contribution in [3.8, 4) is 17.1 Å². The van der Waals surface area contributed by atoms with E-state index in [4.69, 9.17) is 14.2 Å². The molecule has 0 spiro atoms. The van der Waals surface area contributed by atoms with E-state index in [2.05, 4.69) is 10.5 Å². The molecule has 0 fully saturated rings. The molecule has 170 valence electrons. The Kier molecular flexibility index (Phi) is 5.59. The molecule has 7 nitrogen and oxygen atoms in total. The van der Waals surface area contributed by atoms with Crippen LogP contribution in [0.2, 0.25) is 0 Å². The Balaban J connectivity index is 1.66. The highest BCUT2D eigenvalue weighted by molar-refractivity contribution is 6.01. The van der Waals surface area contributed by atoms with Gasteiger partial charge in [0.15, 0.2) is 0 Å². The number of benzene rings is 3. The number of ether oxygens (including phenoxy) is 1. The van der Waals surface area contributed by atoms with Gasteiger partial charge in [0.2, 0.25) is 5.82 Å². The Morgan fingerprint density at radius 1 is 0.971 bits per heavy atom. The van der Waals surface area contributed by atoms with E-state index in [1.54, 1.807) is 12.0 Å². The van der Waals surface area contributed by atoms with E-state index in [1.165, 1.54) is 0 Å². The number of nitrogens with one attached hydrogen (secondary N) is 1. The number of hydrogen-bond acceptors (Lipinski definition) is 5. The third-order valence-electron chi connectivity index (χ3n) is 5.86. The van der Waals surface area contributed by atoms with Crippen molar-refractivity contribution in [3.63, 3.8) is 0 Å². The second kappa shape index (κ2) is 8.86. The SMILES string of the molecule is COc1cccc(N2C(=O)NC(c3ccccc3)C(c3nc(-c4cccc(C)c4)no3)=C2C)c1. The van der Waals surface area contributed by atoms with Crippen molar-refractivity contribution in [3.05, 3.63) is 102 Å². The molecule has 3 aromatic carbocycles. The van der Waals surface area contributed by atoms with Gasteiger partial charge in [0.1, 0.15) is 5.75 Å². The van der Waals surface area contributed by atoms with Gasteiger partial charge in [0.25, 0.3) is 5.89 Å². The maximum atomic E-state index is 13.3. The number of nitrogens with zero attached hydrogens (tertiary/aromatic N) is 3. The summed E-state index contributed by atoms with van der Waals surface area (Å²) in [6, 6.07) is 24.4. The maximum Gasteiger partial charge on any atom is 0.327 e. The van der Waals surface area contributed by atoms with Gasteiger partial charge in [0.05, 0.1) is 24.4 Å². The van der Waals surface area contributed by atoms with E-state index in [9.17, 15) is 4.79 Å². The number of amides is 2. The molecule has 1 aliphatic rings. The topological polar surface area (TPSA) is 80.5 Å². The summed E-state index contributed by atoms with van der Waals surface area (Å²) in [6.45, 7) is 3.91. The van der Waals surface area contributed by atoms with Crippen LogP contribution in [-0.4, -0.2) is 23.3 Å². The Morgan fingerprint density at radius 3 is 2.53 bits per heavy atom. The molecule has 7 heteroatoms. The van der Waals surface area contributed by atoms with Gasteiger partial charge in [-0.1, -0.05) is 65.3 Å². The van der Waals surface area contributed by atoms with Gasteiger partial charge in [-0.15, -0.1) is 0 Å². The summed E-state index contributed by atoms with van der Waals surface area (Å²) < 4.78 is 11.1. The highest BCUT2D eigenvalue weighted by Crippen LogP contribution is 2.39. The van der Waals surface area contributed by atoms with Crippen LogP contribution in [0.3, 0.4) is 0 Å². The summed E-state index contributed by atoms with van der Waals surface area (Å²) in [5, 5.41) is 7.35. The van der Waals surface area contributed by atoms with Gasteiger partial charge in [0, 0.05) is 17.3 Å². The van der Waals surface area contributed by atoms with Crippen LogP contribution in [0.5, 0.6) is 5.75 Å². The molecule has 0 saturated heterocycles. The van der Waals surface area contributed by atoms with Crippen molar-refractivity contribution in [2.24, 2.45) is 0 Å². The molecule has 34 heavy (non-hydrogen) atoms. The van der Waals surface area contributed by atoms with Gasteiger partial charge in [-0.3, -0.25) is 4.90 Å². The second-order valence-corrected chi connectivity index (χ2v) is 8.12. The van der Waals surface area contributed by atoms with Crippen LogP contribution >= 0.6 is 0 Å². The van der Waals surface area contributed by atoms with Crippen molar-refractivity contribution in [2.45, 2.75) is 19.9 Å². The Hall–Kier alpha value is -4.39. The molecule has 1 aliphatic heterocycles. The van der Waals surface area contributed by atoms with E-state index >= 15 is 0 Å². The summed E-state index contributed by atoms with van der Waals surface area (Å²) in [5.74, 6) is 1.51. The molecule has 2 amide bonds. The zero-order valence-corrected chi connectivity index (χ0v) is 19.1. The average Bonchev–Trinajstić information content (AvgIpc) is 3.34. The predicted octanol–water partition coefficient (Wildman–Crippen LogP) is 5.76. The molecule has 1 unspecified atom stereocenters. The summed E-state index contributed by atoms with van der Waals surface area (Å²) in [5.41, 5.74) is 5.01. The second-order valence-electron chi connectivity index (χ2n) is 8.12. The van der Waals surface area contributed by atoms with E-state index in [1.807, 2.05) is 92.7 Å². The fourth-order valence-corrected chi connectivity index (χ4v) is 4.21. The highest BCUT2D eigenvalue weighted by atomic mass is 16.5. The highest BCUT2D eigenvalue weighted by Gasteiger charge is 2.36. The van der Waals surface area contributed by atoms with Gasteiger partial charge in [-0.05, 0) is 37.6 Å². The molecule has 1 N–H and O–H groups in total. The average molecular weight is 453 g/mol. The largest absolute Gasteiger partial charge is 0.497 e. The Morgan fingerprint density at radius 2 is 1.76 bits per heavy atom. The minimum atomic E-state index is -0.443. The molecule has 1 aromatic heterocycles. The van der Waals surface area contributed by atoms with Crippen LogP contribution in [0, 0.1) is 6.92 Å². The summed E-state index contributed by atoms with van der Waals surface area (Å²) in [4.78, 5) is 19.6. The lowest BCUT2D eigenvalue weighted by Crippen LogP contribution is -2.46. The van der Waals surface area contributed by atoms with Crippen LogP contribution in [0.15, 0.2) is 89.1 Å². The summed E-state index contributed by atoms with van der Waals surface area (Å²) in [7, 11) is 1.60. The van der Waals surface area contributed by atoms with Crippen LogP contribution in [0.25, 0.3) is 17.0 Å². The number of anilines is 1. The van der Waals surface area contributed by atoms with Crippen LogP contribution < -0.4 is 15.0 Å². The van der Waals surface area contributed by atoms with Crippen molar-refractivity contribution in [1.82, 2.24) is 15.5 Å². The lowest BCUT2D eigenvalue weighted by molar-refractivity contribution is 0.244. The molecule has 4 aromatic rings. The number of rotatable bonds is 5. The molecule has 0 bridgehead atoms. The number of aryl methyl sites for hydroxylation is 1. The predicted molar refractivity (Wildman–Crippen MR) is 130 cm³/mol. The number of hydrogen-bond donors (Lipinski definition) is 1. The first-order valence-corrected chi connectivity index (χ1v) is 11.0. The first-order chi connectivity index (χ1) is 16.5. The standard InChI is InChI=1S/C27H24N4O3/c1-17-9-7-12-20(15-17)25-29-26(34-30-25)23-18(2)31(21-13-8-14-22(16-21)33-3)27(32)28-24(23)19-10-5-4-6-11-19/h4-16,24H,1-3H3,(H,28,32). The summed E-state index contributed by atoms with van der Waals surface area (Å²) >= 11 is 0. The molecule has 0 radical (unpaired) electrons. The summed E-state index contributed by atoms with van der Waals surface area (Å²) in [6.07, 6.45) is 0. The van der Waals surface area contributed by atoms with Gasteiger partial charge >= 0.3 is 6.03 Å². The molecule has 1 atom stereocenters. The zero-order chi connectivity index (χ0) is 23.7. The number of carbonyl (C=O) groups is 1. The van der Waals surface area contributed by atoms with E-state index in [0.717, 1.165) is 22.3 Å². The van der Waals surface area contributed by atoms with Crippen molar-refractivity contribution in [2.75, 3.05) is 12.0 Å². The molecule has 0 saturated carbocycles. The third kappa shape index (κ3) is 3.92. The van der Waals surface area contributed by atoms with Crippen molar-refractivity contribution in [1.29, 1.82) is 0 Å². The van der Waals surface area contributed by atoms with Gasteiger partial charge < -0.3 is 14.6 Å². The van der Waals surface area contributed by atoms with Crippen molar-refractivity contribution >= 4 is 17.3 Å². The molecular weight excluding hydrogens is 428 g/mol. The fraction of sp³-hybridized carbons (Fsp3) is 0.148. The number of allylic oxidation sites excluding steroid dienone is 1. The first kappa shape index (κ1) is 21.5.